The molecule has 0 aliphatic carbocycles. The number of ether oxygens (including phenoxy) is 1. The molecule has 0 fully saturated rings. The van der Waals surface area contributed by atoms with E-state index in [1.165, 1.54) is 0 Å². The zero-order valence-electron chi connectivity index (χ0n) is 12.0. The van der Waals surface area contributed by atoms with E-state index in [1.807, 2.05) is 39.8 Å². The molecule has 0 amide bonds. The fraction of sp³-hybridized carbons (Fsp3) is 0.533. The van der Waals surface area contributed by atoms with Gasteiger partial charge in [-0.05, 0) is 44.0 Å². The number of Topliss-reactive ketones (excluding diaryl/α,β-unsaturated/α-hetero) is 1. The molecule has 0 saturated heterocycles. The van der Waals surface area contributed by atoms with E-state index in [2.05, 4.69) is 5.32 Å². The van der Waals surface area contributed by atoms with Crippen molar-refractivity contribution >= 4 is 5.78 Å². The molecule has 0 saturated carbocycles. The van der Waals surface area contributed by atoms with Crippen molar-refractivity contribution in [1.29, 1.82) is 0 Å². The molecule has 1 atom stereocenters. The fourth-order valence-corrected chi connectivity index (χ4v) is 2.25. The molecule has 1 N–H and O–H groups in total. The Hall–Kier alpha value is -1.35. The molecular formula is C15H23NO2. The van der Waals surface area contributed by atoms with Crippen LogP contribution in [0.4, 0.5) is 0 Å². The van der Waals surface area contributed by atoms with Gasteiger partial charge in [-0.1, -0.05) is 19.9 Å². The second kappa shape index (κ2) is 6.55. The molecule has 1 aromatic carbocycles. The van der Waals surface area contributed by atoms with Crippen LogP contribution in [0.15, 0.2) is 12.1 Å². The number of rotatable bonds is 6. The lowest BCUT2D eigenvalue weighted by atomic mass is 9.95. The van der Waals surface area contributed by atoms with Crippen molar-refractivity contribution in [2.45, 2.75) is 40.2 Å². The smallest absolute Gasteiger partial charge is 0.183 e. The largest absolute Gasteiger partial charge is 0.496 e. The summed E-state index contributed by atoms with van der Waals surface area (Å²) in [5, 5.41) is 3.22. The average Bonchev–Trinajstić information content (AvgIpc) is 2.34. The lowest BCUT2D eigenvalue weighted by Gasteiger charge is -2.18. The number of carbonyl (C=O) groups excluding carboxylic acids is 1. The van der Waals surface area contributed by atoms with E-state index in [1.54, 1.807) is 7.11 Å². The Kier molecular flexibility index (Phi) is 5.35. The molecule has 1 rings (SSSR count). The summed E-state index contributed by atoms with van der Waals surface area (Å²) >= 11 is 0. The van der Waals surface area contributed by atoms with Gasteiger partial charge in [0.25, 0.3) is 0 Å². The van der Waals surface area contributed by atoms with Crippen molar-refractivity contribution in [1.82, 2.24) is 5.32 Å². The lowest BCUT2D eigenvalue weighted by molar-refractivity contribution is 0.0938. The van der Waals surface area contributed by atoms with Crippen molar-refractivity contribution in [3.05, 3.63) is 28.8 Å². The van der Waals surface area contributed by atoms with Gasteiger partial charge in [-0.2, -0.15) is 0 Å². The molecule has 3 nitrogen and oxygen atoms in total. The minimum absolute atomic E-state index is 0.119. The highest BCUT2D eigenvalue weighted by Gasteiger charge is 2.22. The maximum absolute atomic E-state index is 12.5. The number of hydrogen-bond donors (Lipinski definition) is 1. The predicted molar refractivity (Wildman–Crippen MR) is 74.6 cm³/mol. The first-order valence-corrected chi connectivity index (χ1v) is 6.47. The second-order valence-corrected chi connectivity index (χ2v) is 4.54. The molecule has 1 unspecified atom stereocenters. The summed E-state index contributed by atoms with van der Waals surface area (Å²) in [6.07, 6.45) is 0.781. The van der Waals surface area contributed by atoms with Crippen LogP contribution in [0.5, 0.6) is 5.75 Å². The predicted octanol–water partition coefficient (Wildman–Crippen LogP) is 2.88. The van der Waals surface area contributed by atoms with Crippen molar-refractivity contribution in [3.63, 3.8) is 0 Å². The van der Waals surface area contributed by atoms with Gasteiger partial charge in [0, 0.05) is 0 Å². The van der Waals surface area contributed by atoms with E-state index in [-0.39, 0.29) is 11.8 Å². The minimum atomic E-state index is -0.134. The van der Waals surface area contributed by atoms with Crippen molar-refractivity contribution in [2.24, 2.45) is 0 Å². The van der Waals surface area contributed by atoms with Crippen molar-refractivity contribution in [2.75, 3.05) is 13.7 Å². The Bertz CT molecular complexity index is 427. The maximum atomic E-state index is 12.5. The summed E-state index contributed by atoms with van der Waals surface area (Å²) < 4.78 is 5.35. The van der Waals surface area contributed by atoms with E-state index in [9.17, 15) is 4.79 Å². The summed E-state index contributed by atoms with van der Waals surface area (Å²) in [4.78, 5) is 12.5. The van der Waals surface area contributed by atoms with Crippen LogP contribution in [0.3, 0.4) is 0 Å². The number of nitrogens with one attached hydrogen (secondary N) is 1. The summed E-state index contributed by atoms with van der Waals surface area (Å²) in [7, 11) is 1.61. The Morgan fingerprint density at radius 2 is 2.00 bits per heavy atom. The van der Waals surface area contributed by atoms with Gasteiger partial charge in [-0.3, -0.25) is 4.79 Å². The number of carbonyl (C=O) groups is 1. The van der Waals surface area contributed by atoms with Crippen LogP contribution < -0.4 is 10.1 Å². The molecule has 3 heteroatoms. The maximum Gasteiger partial charge on any atom is 0.183 e. The van der Waals surface area contributed by atoms with Crippen LogP contribution in [-0.2, 0) is 0 Å². The molecule has 1 aromatic rings. The first kappa shape index (κ1) is 14.7. The van der Waals surface area contributed by atoms with Gasteiger partial charge < -0.3 is 10.1 Å². The van der Waals surface area contributed by atoms with E-state index in [4.69, 9.17) is 4.74 Å². The van der Waals surface area contributed by atoms with Crippen LogP contribution in [0.25, 0.3) is 0 Å². The molecule has 0 heterocycles. The van der Waals surface area contributed by atoms with Crippen LogP contribution in [-0.4, -0.2) is 25.5 Å². The number of ketones is 1. The quantitative estimate of drug-likeness (QED) is 0.788. The SMILES string of the molecule is CCNC(CC)C(=O)c1c(C)cc(C)cc1OC. The third kappa shape index (κ3) is 3.10. The molecular weight excluding hydrogens is 226 g/mol. The number of benzene rings is 1. The summed E-state index contributed by atoms with van der Waals surface area (Å²) in [5.74, 6) is 0.794. The summed E-state index contributed by atoms with van der Waals surface area (Å²) in [6.45, 7) is 8.78. The highest BCUT2D eigenvalue weighted by atomic mass is 16.5. The lowest BCUT2D eigenvalue weighted by Crippen LogP contribution is -2.36. The number of methoxy groups -OCH3 is 1. The van der Waals surface area contributed by atoms with Crippen LogP contribution in [0, 0.1) is 13.8 Å². The van der Waals surface area contributed by atoms with Crippen LogP contribution in [0.2, 0.25) is 0 Å². The normalized spacial score (nSPS) is 12.3. The van der Waals surface area contributed by atoms with Gasteiger partial charge >= 0.3 is 0 Å². The van der Waals surface area contributed by atoms with E-state index < -0.39 is 0 Å². The van der Waals surface area contributed by atoms with Crippen molar-refractivity contribution < 1.29 is 9.53 Å². The molecule has 0 radical (unpaired) electrons. The van der Waals surface area contributed by atoms with E-state index in [0.29, 0.717) is 11.3 Å². The number of aryl methyl sites for hydroxylation is 2. The standard InChI is InChI=1S/C15H23NO2/c1-6-12(16-7-2)15(17)14-11(4)8-10(3)9-13(14)18-5/h8-9,12,16H,6-7H2,1-5H3. The first-order valence-electron chi connectivity index (χ1n) is 6.47. The molecule has 0 aliphatic heterocycles. The third-order valence-electron chi connectivity index (χ3n) is 3.09. The van der Waals surface area contributed by atoms with E-state index >= 15 is 0 Å². The van der Waals surface area contributed by atoms with Gasteiger partial charge in [0.2, 0.25) is 0 Å². The third-order valence-corrected chi connectivity index (χ3v) is 3.09. The van der Waals surface area contributed by atoms with Gasteiger partial charge in [0.05, 0.1) is 18.7 Å². The van der Waals surface area contributed by atoms with Crippen LogP contribution in [0.1, 0.15) is 41.8 Å². The zero-order chi connectivity index (χ0) is 13.7. The van der Waals surface area contributed by atoms with Crippen LogP contribution >= 0.6 is 0 Å². The molecule has 0 spiro atoms. The molecule has 0 bridgehead atoms. The van der Waals surface area contributed by atoms with Gasteiger partial charge in [0.15, 0.2) is 5.78 Å². The molecule has 0 aromatic heterocycles. The molecule has 100 valence electrons. The second-order valence-electron chi connectivity index (χ2n) is 4.54. The highest BCUT2D eigenvalue weighted by Crippen LogP contribution is 2.26. The Morgan fingerprint density at radius 1 is 1.33 bits per heavy atom. The molecule has 18 heavy (non-hydrogen) atoms. The van der Waals surface area contributed by atoms with Gasteiger partial charge in [0.1, 0.15) is 5.75 Å². The number of hydrogen-bond acceptors (Lipinski definition) is 3. The Balaban J connectivity index is 3.18. The van der Waals surface area contributed by atoms with Gasteiger partial charge in [-0.25, -0.2) is 0 Å². The summed E-state index contributed by atoms with van der Waals surface area (Å²) in [5.41, 5.74) is 2.79. The first-order chi connectivity index (χ1) is 8.54. The van der Waals surface area contributed by atoms with Crippen molar-refractivity contribution in [3.8, 4) is 5.75 Å². The minimum Gasteiger partial charge on any atom is -0.496 e. The highest BCUT2D eigenvalue weighted by molar-refractivity contribution is 6.03. The molecule has 0 aliphatic rings. The Morgan fingerprint density at radius 3 is 2.50 bits per heavy atom. The van der Waals surface area contributed by atoms with E-state index in [0.717, 1.165) is 24.1 Å². The average molecular weight is 249 g/mol. The number of likely N-dealkylation sites (N-methyl/N-ethyl adjacent to an activating group) is 1. The summed E-state index contributed by atoms with van der Waals surface area (Å²) in [6, 6.07) is 3.80. The Labute approximate surface area is 110 Å². The van der Waals surface area contributed by atoms with Gasteiger partial charge in [-0.15, -0.1) is 0 Å². The monoisotopic (exact) mass is 249 g/mol. The fourth-order valence-electron chi connectivity index (χ4n) is 2.25. The zero-order valence-corrected chi connectivity index (χ0v) is 12.0. The topological polar surface area (TPSA) is 38.3 Å².